The molecule has 0 spiro atoms. The molecule has 0 atom stereocenters. The van der Waals surface area contributed by atoms with E-state index in [1.165, 1.54) is 0 Å². The number of carbonyl (C=O) groups is 1. The molecule has 0 rings (SSSR count). The van der Waals surface area contributed by atoms with Gasteiger partial charge in [-0.25, -0.2) is 0 Å². The predicted molar refractivity (Wildman–Crippen MR) is 53.5 cm³/mol. The highest BCUT2D eigenvalue weighted by molar-refractivity contribution is 5.71. The zero-order chi connectivity index (χ0) is 10.3. The van der Waals surface area contributed by atoms with Crippen LogP contribution in [0.5, 0.6) is 0 Å². The number of carbonyl (C=O) groups excluding carboxylic acids is 1. The second-order valence-corrected chi connectivity index (χ2v) is 4.10. The quantitative estimate of drug-likeness (QED) is 0.639. The molecule has 0 saturated carbocycles. The van der Waals surface area contributed by atoms with Crippen LogP contribution in [0.25, 0.3) is 0 Å². The van der Waals surface area contributed by atoms with Crippen molar-refractivity contribution in [2.45, 2.75) is 27.7 Å². The molecule has 0 aromatic carbocycles. The minimum absolute atomic E-state index is 0.158. The molecule has 3 heteroatoms. The summed E-state index contributed by atoms with van der Waals surface area (Å²) in [6, 6.07) is 0. The van der Waals surface area contributed by atoms with Crippen molar-refractivity contribution in [1.82, 2.24) is 5.32 Å². The van der Waals surface area contributed by atoms with Gasteiger partial charge >= 0.3 is 5.97 Å². The summed E-state index contributed by atoms with van der Waals surface area (Å²) in [5, 5.41) is 3.03. The number of hydrogen-bond acceptors (Lipinski definition) is 3. The number of rotatable bonds is 6. The van der Waals surface area contributed by atoms with Crippen LogP contribution in [0.2, 0.25) is 0 Å². The van der Waals surface area contributed by atoms with E-state index in [1.54, 1.807) is 0 Å². The minimum Gasteiger partial charge on any atom is -0.464 e. The van der Waals surface area contributed by atoms with Crippen LogP contribution in [0.1, 0.15) is 27.7 Å². The Hall–Kier alpha value is -0.570. The number of hydrogen-bond donors (Lipinski definition) is 1. The van der Waals surface area contributed by atoms with E-state index < -0.39 is 0 Å². The fourth-order valence-electron chi connectivity index (χ4n) is 0.774. The molecule has 0 aromatic rings. The molecule has 1 N–H and O–H groups in total. The van der Waals surface area contributed by atoms with Crippen LogP contribution in [-0.4, -0.2) is 25.7 Å². The highest BCUT2D eigenvalue weighted by atomic mass is 16.5. The average Bonchev–Trinajstić information content (AvgIpc) is 2.00. The normalized spacial score (nSPS) is 10.9. The molecule has 0 amide bonds. The minimum atomic E-state index is -0.158. The van der Waals surface area contributed by atoms with E-state index in [4.69, 9.17) is 4.74 Å². The van der Waals surface area contributed by atoms with Gasteiger partial charge in [-0.2, -0.15) is 0 Å². The molecule has 0 aromatic heterocycles. The maximum atomic E-state index is 11.0. The van der Waals surface area contributed by atoms with Crippen LogP contribution >= 0.6 is 0 Å². The maximum Gasteiger partial charge on any atom is 0.319 e. The highest BCUT2D eigenvalue weighted by Crippen LogP contribution is 1.92. The Balaban J connectivity index is 3.30. The summed E-state index contributed by atoms with van der Waals surface area (Å²) in [6.07, 6.45) is 0. The van der Waals surface area contributed by atoms with Gasteiger partial charge in [0.25, 0.3) is 0 Å². The smallest absolute Gasteiger partial charge is 0.319 e. The lowest BCUT2D eigenvalue weighted by Crippen LogP contribution is -2.28. The molecule has 0 aliphatic carbocycles. The predicted octanol–water partition coefficient (Wildman–Crippen LogP) is 1.43. The van der Waals surface area contributed by atoms with E-state index in [2.05, 4.69) is 19.2 Å². The first kappa shape index (κ1) is 12.4. The van der Waals surface area contributed by atoms with Crippen LogP contribution in [0.15, 0.2) is 0 Å². The summed E-state index contributed by atoms with van der Waals surface area (Å²) < 4.78 is 4.98. The van der Waals surface area contributed by atoms with Crippen molar-refractivity contribution in [2.75, 3.05) is 19.7 Å². The lowest BCUT2D eigenvalue weighted by Gasteiger charge is -2.09. The van der Waals surface area contributed by atoms with Gasteiger partial charge in [0, 0.05) is 0 Å². The third kappa shape index (κ3) is 9.34. The summed E-state index contributed by atoms with van der Waals surface area (Å²) in [6.45, 7) is 9.95. The fourth-order valence-corrected chi connectivity index (χ4v) is 0.774. The molecule has 0 heterocycles. The van der Waals surface area contributed by atoms with Crippen molar-refractivity contribution in [3.8, 4) is 0 Å². The summed E-state index contributed by atoms with van der Waals surface area (Å²) >= 11 is 0. The Morgan fingerprint density at radius 1 is 1.23 bits per heavy atom. The Bertz CT molecular complexity index is 144. The van der Waals surface area contributed by atoms with E-state index in [0.717, 1.165) is 6.54 Å². The molecule has 0 radical (unpaired) electrons. The van der Waals surface area contributed by atoms with Crippen molar-refractivity contribution < 1.29 is 9.53 Å². The standard InChI is InChI=1S/C10H21NO2/c1-8(2)5-11-6-10(12)13-7-9(3)4/h8-9,11H,5-7H2,1-4H3. The van der Waals surface area contributed by atoms with Gasteiger partial charge in [-0.15, -0.1) is 0 Å². The largest absolute Gasteiger partial charge is 0.464 e. The summed E-state index contributed by atoms with van der Waals surface area (Å²) in [4.78, 5) is 11.0. The molecule has 0 aliphatic rings. The van der Waals surface area contributed by atoms with Gasteiger partial charge in [0.2, 0.25) is 0 Å². The summed E-state index contributed by atoms with van der Waals surface area (Å²) in [5.41, 5.74) is 0. The van der Waals surface area contributed by atoms with E-state index >= 15 is 0 Å². The second-order valence-electron chi connectivity index (χ2n) is 4.10. The Morgan fingerprint density at radius 2 is 1.85 bits per heavy atom. The van der Waals surface area contributed by atoms with Gasteiger partial charge in [-0.1, -0.05) is 27.7 Å². The molecule has 0 fully saturated rings. The van der Waals surface area contributed by atoms with Gasteiger partial charge in [-0.05, 0) is 18.4 Å². The molecule has 13 heavy (non-hydrogen) atoms. The molecule has 0 bridgehead atoms. The molecular formula is C10H21NO2. The second kappa shape index (κ2) is 6.89. The first-order valence-corrected chi connectivity index (χ1v) is 4.88. The number of esters is 1. The molecule has 0 aliphatic heterocycles. The van der Waals surface area contributed by atoms with Crippen LogP contribution in [0.4, 0.5) is 0 Å². The molecule has 0 unspecified atom stereocenters. The van der Waals surface area contributed by atoms with Crippen molar-refractivity contribution in [2.24, 2.45) is 11.8 Å². The molecule has 78 valence electrons. The zero-order valence-electron chi connectivity index (χ0n) is 9.09. The van der Waals surface area contributed by atoms with Crippen molar-refractivity contribution in [3.63, 3.8) is 0 Å². The van der Waals surface area contributed by atoms with Crippen molar-refractivity contribution in [3.05, 3.63) is 0 Å². The van der Waals surface area contributed by atoms with Gasteiger partial charge in [-0.3, -0.25) is 4.79 Å². The molecular weight excluding hydrogens is 166 g/mol. The Labute approximate surface area is 80.8 Å². The third-order valence-corrected chi connectivity index (χ3v) is 1.40. The lowest BCUT2D eigenvalue weighted by atomic mass is 10.2. The first-order valence-electron chi connectivity index (χ1n) is 4.88. The molecule has 3 nitrogen and oxygen atoms in total. The van der Waals surface area contributed by atoms with Crippen LogP contribution < -0.4 is 5.32 Å². The molecule has 0 saturated heterocycles. The van der Waals surface area contributed by atoms with Gasteiger partial charge in [0.1, 0.15) is 0 Å². The number of ether oxygens (including phenoxy) is 1. The fraction of sp³-hybridized carbons (Fsp3) is 0.900. The monoisotopic (exact) mass is 187 g/mol. The Morgan fingerprint density at radius 3 is 2.31 bits per heavy atom. The maximum absolute atomic E-state index is 11.0. The SMILES string of the molecule is CC(C)CNCC(=O)OCC(C)C. The summed E-state index contributed by atoms with van der Waals surface area (Å²) in [5.74, 6) is 0.821. The van der Waals surface area contributed by atoms with E-state index in [1.807, 2.05) is 13.8 Å². The first-order chi connectivity index (χ1) is 6.02. The van der Waals surface area contributed by atoms with Crippen LogP contribution in [0.3, 0.4) is 0 Å². The van der Waals surface area contributed by atoms with Gasteiger partial charge < -0.3 is 10.1 Å². The van der Waals surface area contributed by atoms with E-state index in [0.29, 0.717) is 25.0 Å². The van der Waals surface area contributed by atoms with E-state index in [9.17, 15) is 4.79 Å². The van der Waals surface area contributed by atoms with Crippen LogP contribution in [0, 0.1) is 11.8 Å². The number of nitrogens with one attached hydrogen (secondary N) is 1. The van der Waals surface area contributed by atoms with Crippen LogP contribution in [-0.2, 0) is 9.53 Å². The van der Waals surface area contributed by atoms with Gasteiger partial charge in [0.15, 0.2) is 0 Å². The van der Waals surface area contributed by atoms with E-state index in [-0.39, 0.29) is 5.97 Å². The zero-order valence-corrected chi connectivity index (χ0v) is 9.09. The van der Waals surface area contributed by atoms with Crippen molar-refractivity contribution in [1.29, 1.82) is 0 Å². The lowest BCUT2D eigenvalue weighted by molar-refractivity contribution is -0.143. The summed E-state index contributed by atoms with van der Waals surface area (Å²) in [7, 11) is 0. The van der Waals surface area contributed by atoms with Gasteiger partial charge in [0.05, 0.1) is 13.2 Å². The van der Waals surface area contributed by atoms with Crippen molar-refractivity contribution >= 4 is 5.97 Å². The third-order valence-electron chi connectivity index (χ3n) is 1.40. The topological polar surface area (TPSA) is 38.3 Å². The highest BCUT2D eigenvalue weighted by Gasteiger charge is 2.03. The average molecular weight is 187 g/mol. The Kier molecular flexibility index (Phi) is 6.59.